The topological polar surface area (TPSA) is 85.0 Å². The molecule has 0 bridgehead atoms. The molecule has 7 heteroatoms. The standard InChI is InChI=1S/C19H21N5O2/c1-12(2)17-22-23-18(26-17)13-7-9-24(10-8-13)19(25)16-11-20-14-5-3-4-6-15(14)21-16/h3-6,11-13H,7-10H2,1-2H3. The largest absolute Gasteiger partial charge is 0.425 e. The molecule has 3 aromatic rings. The Morgan fingerprint density at radius 2 is 1.88 bits per heavy atom. The van der Waals surface area contributed by atoms with Gasteiger partial charge in [-0.05, 0) is 25.0 Å². The average Bonchev–Trinajstić information content (AvgIpc) is 3.18. The third-order valence-corrected chi connectivity index (χ3v) is 4.75. The predicted octanol–water partition coefficient (Wildman–Crippen LogP) is 3.16. The van der Waals surface area contributed by atoms with Gasteiger partial charge in [0.2, 0.25) is 11.8 Å². The van der Waals surface area contributed by atoms with Crippen LogP contribution in [0, 0.1) is 0 Å². The molecule has 0 unspecified atom stereocenters. The van der Waals surface area contributed by atoms with E-state index in [2.05, 4.69) is 20.2 Å². The second-order valence-electron chi connectivity index (χ2n) is 6.94. The number of amides is 1. The van der Waals surface area contributed by atoms with Crippen LogP contribution >= 0.6 is 0 Å². The van der Waals surface area contributed by atoms with Gasteiger partial charge < -0.3 is 9.32 Å². The molecule has 7 nitrogen and oxygen atoms in total. The normalized spacial score (nSPS) is 15.7. The van der Waals surface area contributed by atoms with Gasteiger partial charge in [-0.2, -0.15) is 0 Å². The minimum atomic E-state index is -0.0740. The lowest BCUT2D eigenvalue weighted by Crippen LogP contribution is -2.38. The quantitative estimate of drug-likeness (QED) is 0.720. The van der Waals surface area contributed by atoms with Gasteiger partial charge in [0.25, 0.3) is 5.91 Å². The van der Waals surface area contributed by atoms with E-state index in [-0.39, 0.29) is 17.7 Å². The van der Waals surface area contributed by atoms with E-state index in [4.69, 9.17) is 4.42 Å². The van der Waals surface area contributed by atoms with Crippen LogP contribution < -0.4 is 0 Å². The summed E-state index contributed by atoms with van der Waals surface area (Å²) >= 11 is 0. The van der Waals surface area contributed by atoms with Crippen molar-refractivity contribution in [1.29, 1.82) is 0 Å². The fourth-order valence-electron chi connectivity index (χ4n) is 3.20. The summed E-state index contributed by atoms with van der Waals surface area (Å²) in [4.78, 5) is 23.4. The van der Waals surface area contributed by atoms with Crippen molar-refractivity contribution < 1.29 is 9.21 Å². The third kappa shape index (κ3) is 3.16. The minimum absolute atomic E-state index is 0.0740. The molecule has 0 aliphatic carbocycles. The molecular weight excluding hydrogens is 330 g/mol. The Balaban J connectivity index is 1.44. The first kappa shape index (κ1) is 16.6. The monoisotopic (exact) mass is 351 g/mol. The van der Waals surface area contributed by atoms with Crippen molar-refractivity contribution in [3.05, 3.63) is 47.9 Å². The Morgan fingerprint density at radius 3 is 2.58 bits per heavy atom. The van der Waals surface area contributed by atoms with Gasteiger partial charge in [-0.15, -0.1) is 10.2 Å². The second-order valence-corrected chi connectivity index (χ2v) is 6.94. The molecule has 1 aromatic carbocycles. The lowest BCUT2D eigenvalue weighted by Gasteiger charge is -2.30. The van der Waals surface area contributed by atoms with Gasteiger partial charge in [0.05, 0.1) is 17.2 Å². The zero-order chi connectivity index (χ0) is 18.1. The van der Waals surface area contributed by atoms with E-state index in [0.29, 0.717) is 30.6 Å². The highest BCUT2D eigenvalue weighted by Crippen LogP contribution is 2.28. The Morgan fingerprint density at radius 1 is 1.15 bits per heavy atom. The first-order chi connectivity index (χ1) is 12.6. The summed E-state index contributed by atoms with van der Waals surface area (Å²) in [6, 6.07) is 7.56. The van der Waals surface area contributed by atoms with Crippen LogP contribution in [0.2, 0.25) is 0 Å². The van der Waals surface area contributed by atoms with Crippen LogP contribution in [0.5, 0.6) is 0 Å². The van der Waals surface area contributed by atoms with Crippen LogP contribution in [0.1, 0.15) is 60.8 Å². The van der Waals surface area contributed by atoms with E-state index in [0.717, 1.165) is 23.9 Å². The van der Waals surface area contributed by atoms with Crippen molar-refractivity contribution in [3.8, 4) is 0 Å². The van der Waals surface area contributed by atoms with E-state index < -0.39 is 0 Å². The predicted molar refractivity (Wildman–Crippen MR) is 95.8 cm³/mol. The maximum absolute atomic E-state index is 12.8. The molecule has 1 amide bonds. The molecule has 0 saturated carbocycles. The number of carbonyl (C=O) groups excluding carboxylic acids is 1. The number of nitrogens with zero attached hydrogens (tertiary/aromatic N) is 5. The SMILES string of the molecule is CC(C)c1nnc(C2CCN(C(=O)c3cnc4ccccc4n3)CC2)o1. The fraction of sp³-hybridized carbons (Fsp3) is 0.421. The van der Waals surface area contributed by atoms with Crippen LogP contribution in [-0.2, 0) is 0 Å². The molecule has 0 atom stereocenters. The summed E-state index contributed by atoms with van der Waals surface area (Å²) in [7, 11) is 0. The number of piperidine rings is 1. The number of rotatable bonds is 3. The average molecular weight is 351 g/mol. The summed E-state index contributed by atoms with van der Waals surface area (Å²) < 4.78 is 5.77. The molecule has 134 valence electrons. The van der Waals surface area contributed by atoms with Crippen LogP contribution in [0.25, 0.3) is 11.0 Å². The van der Waals surface area contributed by atoms with Crippen molar-refractivity contribution in [2.75, 3.05) is 13.1 Å². The Kier molecular flexibility index (Phi) is 4.36. The molecule has 26 heavy (non-hydrogen) atoms. The first-order valence-corrected chi connectivity index (χ1v) is 8.96. The zero-order valence-electron chi connectivity index (χ0n) is 14.9. The highest BCUT2D eigenvalue weighted by Gasteiger charge is 2.28. The van der Waals surface area contributed by atoms with E-state index in [9.17, 15) is 4.79 Å². The summed E-state index contributed by atoms with van der Waals surface area (Å²) in [5.41, 5.74) is 1.92. The third-order valence-electron chi connectivity index (χ3n) is 4.75. The second kappa shape index (κ2) is 6.82. The molecule has 2 aromatic heterocycles. The maximum Gasteiger partial charge on any atom is 0.274 e. The van der Waals surface area contributed by atoms with E-state index in [1.165, 1.54) is 0 Å². The molecule has 0 spiro atoms. The van der Waals surface area contributed by atoms with Crippen LogP contribution in [0.3, 0.4) is 0 Å². The summed E-state index contributed by atoms with van der Waals surface area (Å²) in [5.74, 6) is 1.72. The van der Waals surface area contributed by atoms with Gasteiger partial charge in [-0.3, -0.25) is 9.78 Å². The molecule has 4 rings (SSSR count). The number of carbonyl (C=O) groups is 1. The number of aromatic nitrogens is 4. The van der Waals surface area contributed by atoms with Gasteiger partial charge >= 0.3 is 0 Å². The van der Waals surface area contributed by atoms with Crippen LogP contribution in [0.15, 0.2) is 34.9 Å². The van der Waals surface area contributed by atoms with Gasteiger partial charge in [-0.25, -0.2) is 4.98 Å². The van der Waals surface area contributed by atoms with E-state index in [1.54, 1.807) is 6.20 Å². The molecule has 1 aliphatic heterocycles. The fourth-order valence-corrected chi connectivity index (χ4v) is 3.20. The van der Waals surface area contributed by atoms with Gasteiger partial charge in [0.15, 0.2) is 0 Å². The maximum atomic E-state index is 12.8. The molecule has 1 saturated heterocycles. The van der Waals surface area contributed by atoms with Crippen LogP contribution in [0.4, 0.5) is 0 Å². The van der Waals surface area contributed by atoms with Crippen molar-refractivity contribution in [2.45, 2.75) is 38.5 Å². The molecule has 1 fully saturated rings. The summed E-state index contributed by atoms with van der Waals surface area (Å²) in [6.45, 7) is 5.36. The van der Waals surface area contributed by atoms with Gasteiger partial charge in [0, 0.05) is 24.9 Å². The highest BCUT2D eigenvalue weighted by atomic mass is 16.4. The van der Waals surface area contributed by atoms with E-state index >= 15 is 0 Å². The molecule has 0 N–H and O–H groups in total. The lowest BCUT2D eigenvalue weighted by molar-refractivity contribution is 0.0700. The number of likely N-dealkylation sites (tertiary alicyclic amines) is 1. The summed E-state index contributed by atoms with van der Waals surface area (Å²) in [5, 5.41) is 8.29. The van der Waals surface area contributed by atoms with Gasteiger partial charge in [0.1, 0.15) is 5.69 Å². The zero-order valence-corrected chi connectivity index (χ0v) is 14.9. The number of hydrogen-bond acceptors (Lipinski definition) is 6. The number of hydrogen-bond donors (Lipinski definition) is 0. The van der Waals surface area contributed by atoms with Crippen molar-refractivity contribution in [1.82, 2.24) is 25.1 Å². The summed E-state index contributed by atoms with van der Waals surface area (Å²) in [6.07, 6.45) is 3.18. The van der Waals surface area contributed by atoms with E-state index in [1.807, 2.05) is 43.0 Å². The number of benzene rings is 1. The number of para-hydroxylation sites is 2. The molecule has 0 radical (unpaired) electrons. The van der Waals surface area contributed by atoms with Gasteiger partial charge in [-0.1, -0.05) is 26.0 Å². The lowest BCUT2D eigenvalue weighted by atomic mass is 9.96. The Hall–Kier alpha value is -2.83. The van der Waals surface area contributed by atoms with Crippen molar-refractivity contribution >= 4 is 16.9 Å². The van der Waals surface area contributed by atoms with Crippen LogP contribution in [-0.4, -0.2) is 44.1 Å². The Bertz CT molecular complexity index is 928. The highest BCUT2D eigenvalue weighted by molar-refractivity contribution is 5.93. The first-order valence-electron chi connectivity index (χ1n) is 8.96. The number of fused-ring (bicyclic) bond motifs is 1. The van der Waals surface area contributed by atoms with Crippen molar-refractivity contribution in [2.24, 2.45) is 0 Å². The molecular formula is C19H21N5O2. The van der Waals surface area contributed by atoms with Crippen molar-refractivity contribution in [3.63, 3.8) is 0 Å². The minimum Gasteiger partial charge on any atom is -0.425 e. The smallest absolute Gasteiger partial charge is 0.274 e. The molecule has 1 aliphatic rings. The molecule has 3 heterocycles. The Labute approximate surface area is 151 Å².